The van der Waals surface area contributed by atoms with Crippen LogP contribution in [-0.2, 0) is 9.59 Å². The van der Waals surface area contributed by atoms with Crippen LogP contribution in [0.15, 0.2) is 64.6 Å². The molecule has 0 spiro atoms. The molecule has 0 aromatic heterocycles. The number of carbonyl (C=O) groups excluding carboxylic acids is 2. The van der Waals surface area contributed by atoms with Crippen LogP contribution in [-0.4, -0.2) is 25.5 Å². The lowest BCUT2D eigenvalue weighted by molar-refractivity contribution is -0.118. The van der Waals surface area contributed by atoms with Gasteiger partial charge in [0.2, 0.25) is 0 Å². The van der Waals surface area contributed by atoms with Gasteiger partial charge >= 0.3 is 0 Å². The van der Waals surface area contributed by atoms with Gasteiger partial charge in [0.05, 0.1) is 11.6 Å². The van der Waals surface area contributed by atoms with Crippen LogP contribution in [0.1, 0.15) is 16.7 Å². The maximum absolute atomic E-state index is 12.6. The first-order valence-corrected chi connectivity index (χ1v) is 11.9. The smallest absolute Gasteiger partial charge is 0.266 e. The summed E-state index contributed by atoms with van der Waals surface area (Å²) in [6, 6.07) is 17.5. The van der Waals surface area contributed by atoms with E-state index in [1.54, 1.807) is 36.4 Å². The highest BCUT2D eigenvalue weighted by molar-refractivity contribution is 9.10. The molecule has 0 aliphatic heterocycles. The van der Waals surface area contributed by atoms with Crippen molar-refractivity contribution < 1.29 is 19.1 Å². The highest BCUT2D eigenvalue weighted by atomic mass is 79.9. The summed E-state index contributed by atoms with van der Waals surface area (Å²) in [5.74, 6) is -0.278. The zero-order chi connectivity index (χ0) is 26.2. The van der Waals surface area contributed by atoms with E-state index in [-0.39, 0.29) is 18.1 Å². The summed E-state index contributed by atoms with van der Waals surface area (Å²) in [4.78, 5) is 25.0. The minimum atomic E-state index is -0.585. The topological polar surface area (TPSA) is 100 Å². The molecule has 0 atom stereocenters. The standard InChI is InChI=1S/C27H23BrClN3O4/c1-16-6-4-9-23(17(16)2)32-25(33)15-36-26-22(28)11-18(12-24(26)35-3)10-19(14-30)27(34)31-21-8-5-7-20(29)13-21/h4-13H,15H2,1-3H3,(H,31,34)(H,32,33)/b19-10-. The van der Waals surface area contributed by atoms with Crippen molar-refractivity contribution in [1.82, 2.24) is 0 Å². The quantitative estimate of drug-likeness (QED) is 0.246. The predicted octanol–water partition coefficient (Wildman–Crippen LogP) is 6.29. The summed E-state index contributed by atoms with van der Waals surface area (Å²) in [5.41, 5.74) is 3.63. The van der Waals surface area contributed by atoms with Gasteiger partial charge in [-0.25, -0.2) is 0 Å². The van der Waals surface area contributed by atoms with E-state index in [0.29, 0.717) is 32.2 Å². The second kappa shape index (κ2) is 12.2. The molecule has 3 rings (SSSR count). The van der Waals surface area contributed by atoms with Crippen LogP contribution < -0.4 is 20.1 Å². The Morgan fingerprint density at radius 1 is 1.11 bits per heavy atom. The number of amides is 2. The zero-order valence-corrected chi connectivity index (χ0v) is 22.2. The van der Waals surface area contributed by atoms with E-state index >= 15 is 0 Å². The van der Waals surface area contributed by atoms with Gasteiger partial charge in [0, 0.05) is 16.4 Å². The summed E-state index contributed by atoms with van der Waals surface area (Å²) in [7, 11) is 1.45. The predicted molar refractivity (Wildman–Crippen MR) is 144 cm³/mol. The normalized spacial score (nSPS) is 10.8. The minimum absolute atomic E-state index is 0.120. The molecule has 0 bridgehead atoms. The average molecular weight is 569 g/mol. The molecule has 36 heavy (non-hydrogen) atoms. The zero-order valence-electron chi connectivity index (χ0n) is 19.8. The SMILES string of the molecule is COc1cc(/C=C(/C#N)C(=O)Nc2cccc(Cl)c2)cc(Br)c1OCC(=O)Nc1cccc(C)c1C. The second-order valence-electron chi connectivity index (χ2n) is 7.75. The Bertz CT molecular complexity index is 1380. The molecule has 0 fully saturated rings. The van der Waals surface area contributed by atoms with Crippen LogP contribution in [0.2, 0.25) is 5.02 Å². The van der Waals surface area contributed by atoms with Crippen molar-refractivity contribution in [1.29, 1.82) is 5.26 Å². The van der Waals surface area contributed by atoms with Gasteiger partial charge in [-0.05, 0) is 88.9 Å². The summed E-state index contributed by atoms with van der Waals surface area (Å²) >= 11 is 9.37. The van der Waals surface area contributed by atoms with E-state index in [9.17, 15) is 14.9 Å². The number of ether oxygens (including phenoxy) is 2. The van der Waals surface area contributed by atoms with E-state index < -0.39 is 5.91 Å². The van der Waals surface area contributed by atoms with Crippen molar-refractivity contribution in [2.24, 2.45) is 0 Å². The number of nitriles is 1. The van der Waals surface area contributed by atoms with Crippen LogP contribution >= 0.6 is 27.5 Å². The number of methoxy groups -OCH3 is 1. The molecule has 2 N–H and O–H groups in total. The number of rotatable bonds is 8. The van der Waals surface area contributed by atoms with Gasteiger partial charge in [0.1, 0.15) is 11.6 Å². The van der Waals surface area contributed by atoms with Crippen LogP contribution in [0.3, 0.4) is 0 Å². The Kier molecular flexibility index (Phi) is 9.12. The molecule has 3 aromatic carbocycles. The van der Waals surface area contributed by atoms with E-state index in [2.05, 4.69) is 26.6 Å². The average Bonchev–Trinajstić information content (AvgIpc) is 2.84. The van der Waals surface area contributed by atoms with Crippen molar-refractivity contribution in [2.45, 2.75) is 13.8 Å². The highest BCUT2D eigenvalue weighted by Crippen LogP contribution is 2.37. The molecule has 7 nitrogen and oxygen atoms in total. The molecule has 9 heteroatoms. The van der Waals surface area contributed by atoms with Crippen molar-refractivity contribution in [2.75, 3.05) is 24.4 Å². The molecule has 2 amide bonds. The Balaban J connectivity index is 1.75. The maximum Gasteiger partial charge on any atom is 0.266 e. The lowest BCUT2D eigenvalue weighted by Gasteiger charge is -2.15. The molecule has 184 valence electrons. The van der Waals surface area contributed by atoms with Gasteiger partial charge in [0.15, 0.2) is 18.1 Å². The lowest BCUT2D eigenvalue weighted by atomic mass is 10.1. The minimum Gasteiger partial charge on any atom is -0.493 e. The van der Waals surface area contributed by atoms with Gasteiger partial charge < -0.3 is 20.1 Å². The molecule has 0 aliphatic carbocycles. The Hall–Kier alpha value is -3.80. The Morgan fingerprint density at radius 2 is 1.86 bits per heavy atom. The van der Waals surface area contributed by atoms with E-state index in [0.717, 1.165) is 16.8 Å². The van der Waals surface area contributed by atoms with Crippen LogP contribution in [0.4, 0.5) is 11.4 Å². The third kappa shape index (κ3) is 6.87. The van der Waals surface area contributed by atoms with Gasteiger partial charge in [-0.15, -0.1) is 0 Å². The fourth-order valence-electron chi connectivity index (χ4n) is 3.25. The summed E-state index contributed by atoms with van der Waals surface area (Å²) in [6.45, 7) is 3.66. The Labute approximate surface area is 222 Å². The van der Waals surface area contributed by atoms with E-state index in [1.807, 2.05) is 38.1 Å². The maximum atomic E-state index is 12.6. The fourth-order valence-corrected chi connectivity index (χ4v) is 4.02. The number of hydrogen-bond donors (Lipinski definition) is 2. The van der Waals surface area contributed by atoms with Crippen LogP contribution in [0.5, 0.6) is 11.5 Å². The van der Waals surface area contributed by atoms with E-state index in [1.165, 1.54) is 13.2 Å². The Morgan fingerprint density at radius 3 is 2.56 bits per heavy atom. The van der Waals surface area contributed by atoms with Crippen molar-refractivity contribution in [3.05, 3.63) is 86.4 Å². The molecule has 0 radical (unpaired) electrons. The summed E-state index contributed by atoms with van der Waals surface area (Å²) in [6.07, 6.45) is 1.42. The van der Waals surface area contributed by atoms with Crippen LogP contribution in [0, 0.1) is 25.2 Å². The van der Waals surface area contributed by atoms with Crippen molar-refractivity contribution >= 4 is 56.8 Å². The molecular formula is C27H23BrClN3O4. The third-order valence-corrected chi connectivity index (χ3v) is 6.06. The first-order chi connectivity index (χ1) is 17.2. The first kappa shape index (κ1) is 26.8. The number of aryl methyl sites for hydroxylation is 1. The van der Waals surface area contributed by atoms with Gasteiger partial charge in [-0.3, -0.25) is 9.59 Å². The summed E-state index contributed by atoms with van der Waals surface area (Å²) in [5, 5.41) is 15.5. The number of halogens is 2. The molecule has 0 unspecified atom stereocenters. The van der Waals surface area contributed by atoms with Gasteiger partial charge in [0.25, 0.3) is 11.8 Å². The monoisotopic (exact) mass is 567 g/mol. The number of nitrogens with zero attached hydrogens (tertiary/aromatic N) is 1. The summed E-state index contributed by atoms with van der Waals surface area (Å²) < 4.78 is 11.6. The molecular weight excluding hydrogens is 546 g/mol. The number of anilines is 2. The molecule has 0 saturated carbocycles. The number of nitrogens with one attached hydrogen (secondary N) is 2. The third-order valence-electron chi connectivity index (χ3n) is 5.24. The van der Waals surface area contributed by atoms with Crippen molar-refractivity contribution in [3.63, 3.8) is 0 Å². The van der Waals surface area contributed by atoms with Gasteiger partial charge in [-0.1, -0.05) is 29.8 Å². The number of carbonyl (C=O) groups is 2. The van der Waals surface area contributed by atoms with Crippen molar-refractivity contribution in [3.8, 4) is 17.6 Å². The second-order valence-corrected chi connectivity index (χ2v) is 9.04. The first-order valence-electron chi connectivity index (χ1n) is 10.8. The molecule has 0 saturated heterocycles. The molecule has 3 aromatic rings. The molecule has 0 heterocycles. The van der Waals surface area contributed by atoms with Gasteiger partial charge in [-0.2, -0.15) is 5.26 Å². The lowest BCUT2D eigenvalue weighted by Crippen LogP contribution is -2.21. The largest absolute Gasteiger partial charge is 0.493 e. The number of hydrogen-bond acceptors (Lipinski definition) is 5. The number of benzene rings is 3. The fraction of sp³-hybridized carbons (Fsp3) is 0.148. The molecule has 0 aliphatic rings. The van der Waals surface area contributed by atoms with E-state index in [4.69, 9.17) is 21.1 Å². The van der Waals surface area contributed by atoms with Crippen LogP contribution in [0.25, 0.3) is 6.08 Å². The highest BCUT2D eigenvalue weighted by Gasteiger charge is 2.16.